The molecule has 0 aliphatic heterocycles. The van der Waals surface area contributed by atoms with Crippen molar-refractivity contribution in [1.82, 2.24) is 5.32 Å². The van der Waals surface area contributed by atoms with Crippen molar-refractivity contribution in [3.63, 3.8) is 0 Å². The number of amides is 1. The highest BCUT2D eigenvalue weighted by atomic mass is 16.6. The highest BCUT2D eigenvalue weighted by Gasteiger charge is 2.15. The minimum atomic E-state index is -0.713. The van der Waals surface area contributed by atoms with Crippen LogP contribution < -0.4 is 10.6 Å². The van der Waals surface area contributed by atoms with E-state index in [9.17, 15) is 19.7 Å². The summed E-state index contributed by atoms with van der Waals surface area (Å²) in [6.07, 6.45) is 0.983. The molecule has 0 aromatic heterocycles. The number of nitrogens with zero attached hydrogens (tertiary/aromatic N) is 1. The van der Waals surface area contributed by atoms with E-state index in [0.29, 0.717) is 17.8 Å². The zero-order valence-corrected chi connectivity index (χ0v) is 12.5. The highest BCUT2D eigenvalue weighted by molar-refractivity contribution is 6.01. The first-order valence-corrected chi connectivity index (χ1v) is 6.49. The van der Waals surface area contributed by atoms with Gasteiger partial charge in [0.05, 0.1) is 18.1 Å². The fraction of sp³-hybridized carbons (Fsp3) is 0.286. The molecule has 1 aromatic carbocycles. The van der Waals surface area contributed by atoms with E-state index in [1.807, 2.05) is 0 Å². The monoisotopic (exact) mass is 307 g/mol. The Morgan fingerprint density at radius 2 is 2.09 bits per heavy atom. The van der Waals surface area contributed by atoms with Crippen molar-refractivity contribution in [1.29, 1.82) is 0 Å². The van der Waals surface area contributed by atoms with E-state index in [0.717, 1.165) is 6.08 Å². The van der Waals surface area contributed by atoms with Crippen molar-refractivity contribution in [2.24, 2.45) is 0 Å². The molecule has 1 aromatic rings. The molecule has 0 aliphatic rings. The smallest absolute Gasteiger partial charge is 0.332 e. The van der Waals surface area contributed by atoms with Crippen molar-refractivity contribution in [3.8, 4) is 0 Å². The van der Waals surface area contributed by atoms with Gasteiger partial charge in [-0.3, -0.25) is 14.9 Å². The average Bonchev–Trinajstić information content (AvgIpc) is 2.48. The van der Waals surface area contributed by atoms with Crippen molar-refractivity contribution in [2.75, 3.05) is 19.0 Å². The predicted octanol–water partition coefficient (Wildman–Crippen LogP) is 1.51. The van der Waals surface area contributed by atoms with Crippen molar-refractivity contribution < 1.29 is 19.2 Å². The molecule has 8 nitrogen and oxygen atoms in total. The lowest BCUT2D eigenvalue weighted by atomic mass is 10.2. The quantitative estimate of drug-likeness (QED) is 0.357. The number of methoxy groups -OCH3 is 1. The lowest BCUT2D eigenvalue weighted by Crippen LogP contribution is -2.28. The number of rotatable bonds is 6. The Morgan fingerprint density at radius 3 is 2.64 bits per heavy atom. The van der Waals surface area contributed by atoms with Gasteiger partial charge in [-0.2, -0.15) is 0 Å². The molecule has 2 N–H and O–H groups in total. The van der Waals surface area contributed by atoms with Crippen LogP contribution in [0.3, 0.4) is 0 Å². The van der Waals surface area contributed by atoms with Gasteiger partial charge in [0, 0.05) is 23.9 Å². The Labute approximate surface area is 127 Å². The van der Waals surface area contributed by atoms with Gasteiger partial charge in [0.25, 0.3) is 11.6 Å². The molecule has 1 amide bonds. The predicted molar refractivity (Wildman–Crippen MR) is 80.2 cm³/mol. The lowest BCUT2D eigenvalue weighted by molar-refractivity contribution is -0.385. The molecule has 0 aliphatic carbocycles. The standard InChI is InChI=1S/C14H17N3O5/c1-4-15-14(19)11(8-13(18)22-3)16-10-6-5-9(2)12(7-10)17(20)21/h5-8,16H,4H2,1-3H3,(H,15,19)/b11-8-. The maximum Gasteiger partial charge on any atom is 0.332 e. The van der Waals surface area contributed by atoms with E-state index in [1.54, 1.807) is 26.0 Å². The summed E-state index contributed by atoms with van der Waals surface area (Å²) >= 11 is 0. The molecule has 0 saturated carbocycles. The Morgan fingerprint density at radius 1 is 1.41 bits per heavy atom. The first kappa shape index (κ1) is 17.2. The zero-order chi connectivity index (χ0) is 16.7. The Kier molecular flexibility index (Phi) is 6.06. The summed E-state index contributed by atoms with van der Waals surface area (Å²) in [5.41, 5.74) is 0.663. The molecular weight excluding hydrogens is 290 g/mol. The summed E-state index contributed by atoms with van der Waals surface area (Å²) in [5.74, 6) is -1.23. The number of ether oxygens (including phenoxy) is 1. The van der Waals surface area contributed by atoms with Crippen LogP contribution >= 0.6 is 0 Å². The van der Waals surface area contributed by atoms with Crippen LogP contribution in [0.1, 0.15) is 12.5 Å². The molecule has 118 valence electrons. The summed E-state index contributed by atoms with van der Waals surface area (Å²) in [4.78, 5) is 33.6. The molecule has 0 unspecified atom stereocenters. The number of aryl methyl sites for hydroxylation is 1. The van der Waals surface area contributed by atoms with Gasteiger partial charge in [-0.05, 0) is 19.9 Å². The fourth-order valence-electron chi connectivity index (χ4n) is 1.63. The molecular formula is C14H17N3O5. The molecule has 1 rings (SSSR count). The molecule has 0 bridgehead atoms. The lowest BCUT2D eigenvalue weighted by Gasteiger charge is -2.11. The maximum atomic E-state index is 11.9. The molecule has 8 heteroatoms. The zero-order valence-electron chi connectivity index (χ0n) is 12.5. The largest absolute Gasteiger partial charge is 0.466 e. The first-order chi connectivity index (χ1) is 10.4. The highest BCUT2D eigenvalue weighted by Crippen LogP contribution is 2.23. The minimum absolute atomic E-state index is 0.0631. The summed E-state index contributed by atoms with van der Waals surface area (Å²) in [5, 5.41) is 16.2. The minimum Gasteiger partial charge on any atom is -0.466 e. The van der Waals surface area contributed by atoms with Crippen LogP contribution in [0.25, 0.3) is 0 Å². The van der Waals surface area contributed by atoms with Gasteiger partial charge < -0.3 is 15.4 Å². The number of nitrogens with one attached hydrogen (secondary N) is 2. The maximum absolute atomic E-state index is 11.9. The van der Waals surface area contributed by atoms with Gasteiger partial charge in [0.2, 0.25) is 0 Å². The van der Waals surface area contributed by atoms with E-state index in [-0.39, 0.29) is 11.4 Å². The third-order valence-corrected chi connectivity index (χ3v) is 2.73. The number of hydrogen-bond donors (Lipinski definition) is 2. The Bertz CT molecular complexity index is 625. The van der Waals surface area contributed by atoms with E-state index >= 15 is 0 Å². The second-order valence-electron chi connectivity index (χ2n) is 4.32. The van der Waals surface area contributed by atoms with Crippen LogP contribution in [0.4, 0.5) is 11.4 Å². The molecule has 0 spiro atoms. The van der Waals surface area contributed by atoms with Crippen molar-refractivity contribution in [3.05, 3.63) is 45.6 Å². The number of likely N-dealkylation sites (N-methyl/N-ethyl adjacent to an activating group) is 1. The van der Waals surface area contributed by atoms with Gasteiger partial charge in [0.1, 0.15) is 5.70 Å². The Hall–Kier alpha value is -2.90. The van der Waals surface area contributed by atoms with Gasteiger partial charge >= 0.3 is 5.97 Å². The third-order valence-electron chi connectivity index (χ3n) is 2.73. The molecule has 0 atom stereocenters. The van der Waals surface area contributed by atoms with Crippen LogP contribution in [-0.4, -0.2) is 30.5 Å². The number of nitro benzene ring substituents is 1. The van der Waals surface area contributed by atoms with Crippen LogP contribution in [0.5, 0.6) is 0 Å². The number of carbonyl (C=O) groups excluding carboxylic acids is 2. The second-order valence-corrected chi connectivity index (χ2v) is 4.32. The number of benzene rings is 1. The Balaban J connectivity index is 3.11. The van der Waals surface area contributed by atoms with E-state index < -0.39 is 16.8 Å². The van der Waals surface area contributed by atoms with Crippen LogP contribution in [0.15, 0.2) is 30.0 Å². The topological polar surface area (TPSA) is 111 Å². The van der Waals surface area contributed by atoms with Crippen LogP contribution in [0, 0.1) is 17.0 Å². The van der Waals surface area contributed by atoms with Crippen molar-refractivity contribution >= 4 is 23.3 Å². The number of anilines is 1. The average molecular weight is 307 g/mol. The van der Waals surface area contributed by atoms with Crippen LogP contribution in [0.2, 0.25) is 0 Å². The van der Waals surface area contributed by atoms with Gasteiger partial charge in [-0.25, -0.2) is 4.79 Å². The SMILES string of the molecule is CCNC(=O)/C(=C/C(=O)OC)Nc1ccc(C)c([N+](=O)[O-])c1. The van der Waals surface area contributed by atoms with E-state index in [4.69, 9.17) is 0 Å². The molecule has 0 fully saturated rings. The van der Waals surface area contributed by atoms with Gasteiger partial charge in [-0.15, -0.1) is 0 Å². The van der Waals surface area contributed by atoms with E-state index in [2.05, 4.69) is 15.4 Å². The third kappa shape index (κ3) is 4.58. The second kappa shape index (κ2) is 7.77. The van der Waals surface area contributed by atoms with Gasteiger partial charge in [0.15, 0.2) is 0 Å². The van der Waals surface area contributed by atoms with Gasteiger partial charge in [-0.1, -0.05) is 6.07 Å². The molecule has 0 radical (unpaired) electrons. The fourth-order valence-corrected chi connectivity index (χ4v) is 1.63. The summed E-state index contributed by atoms with van der Waals surface area (Å²) < 4.78 is 4.48. The van der Waals surface area contributed by atoms with Crippen molar-refractivity contribution in [2.45, 2.75) is 13.8 Å². The number of carbonyl (C=O) groups is 2. The van der Waals surface area contributed by atoms with Crippen LogP contribution in [-0.2, 0) is 14.3 Å². The number of hydrogen-bond acceptors (Lipinski definition) is 6. The molecule has 22 heavy (non-hydrogen) atoms. The molecule has 0 heterocycles. The normalized spacial score (nSPS) is 10.8. The summed E-state index contributed by atoms with van der Waals surface area (Å²) in [7, 11) is 1.19. The first-order valence-electron chi connectivity index (χ1n) is 6.49. The summed E-state index contributed by atoms with van der Waals surface area (Å²) in [6.45, 7) is 3.70. The summed E-state index contributed by atoms with van der Waals surface area (Å²) in [6, 6.07) is 4.42. The number of nitro groups is 1. The number of esters is 1. The van der Waals surface area contributed by atoms with E-state index in [1.165, 1.54) is 13.2 Å². The molecule has 0 saturated heterocycles.